The van der Waals surface area contributed by atoms with Gasteiger partial charge in [-0.1, -0.05) is 42.4 Å². The van der Waals surface area contributed by atoms with E-state index in [1.54, 1.807) is 6.92 Å². The Balaban J connectivity index is 2.08. The Morgan fingerprint density at radius 3 is 2.36 bits per heavy atom. The lowest BCUT2D eigenvalue weighted by atomic mass is 9.91. The Bertz CT molecular complexity index is 952. The summed E-state index contributed by atoms with van der Waals surface area (Å²) in [5.74, 6) is 0.387. The molecule has 0 radical (unpaired) electrons. The quantitative estimate of drug-likeness (QED) is 0.708. The fourth-order valence-electron chi connectivity index (χ4n) is 3.47. The molecule has 11 heteroatoms. The molecule has 1 aliphatic rings. The summed E-state index contributed by atoms with van der Waals surface area (Å²) in [6.07, 6.45) is -1.02. The van der Waals surface area contributed by atoms with Gasteiger partial charge in [-0.2, -0.15) is 22.9 Å². The Hall–Kier alpha value is -1.65. The highest BCUT2D eigenvalue weighted by Crippen LogP contribution is 2.39. The molecule has 1 fully saturated rings. The van der Waals surface area contributed by atoms with Crippen molar-refractivity contribution >= 4 is 21.6 Å². The molecule has 0 aliphatic heterocycles. The summed E-state index contributed by atoms with van der Waals surface area (Å²) < 4.78 is 73.8. The summed E-state index contributed by atoms with van der Waals surface area (Å²) in [6, 6.07) is 2.58. The van der Waals surface area contributed by atoms with Crippen molar-refractivity contribution in [2.24, 2.45) is 0 Å². The maximum Gasteiger partial charge on any atom is 0.417 e. The van der Waals surface area contributed by atoms with E-state index in [1.807, 2.05) is 0 Å². The monoisotopic (exact) mass is 437 g/mol. The van der Waals surface area contributed by atoms with Crippen LogP contribution in [0.15, 0.2) is 27.6 Å². The number of sulfonamides is 1. The van der Waals surface area contributed by atoms with Gasteiger partial charge in [0, 0.05) is 11.9 Å². The van der Waals surface area contributed by atoms with Gasteiger partial charge in [0.25, 0.3) is 0 Å². The number of nitrogens with zero attached hydrogens (tertiary/aromatic N) is 2. The second kappa shape index (κ2) is 7.64. The number of alkyl halides is 3. The van der Waals surface area contributed by atoms with Crippen molar-refractivity contribution in [1.29, 1.82) is 0 Å². The van der Waals surface area contributed by atoms with E-state index in [1.165, 1.54) is 0 Å². The average Bonchev–Trinajstić information content (AvgIpc) is 2.90. The first kappa shape index (κ1) is 21.1. The number of nitrogens with one attached hydrogen (secondary N) is 1. The Morgan fingerprint density at radius 1 is 1.18 bits per heavy atom. The molecule has 3 rings (SSSR count). The van der Waals surface area contributed by atoms with E-state index in [2.05, 4.69) is 14.9 Å². The fourth-order valence-corrected chi connectivity index (χ4v) is 5.27. The average molecular weight is 438 g/mol. The molecule has 6 nitrogen and oxygen atoms in total. The van der Waals surface area contributed by atoms with Gasteiger partial charge in [0.1, 0.15) is 0 Å². The van der Waals surface area contributed by atoms with Crippen molar-refractivity contribution in [1.82, 2.24) is 14.9 Å². The molecule has 0 saturated heterocycles. The second-order valence-electron chi connectivity index (χ2n) is 6.88. The zero-order valence-corrected chi connectivity index (χ0v) is 16.6. The van der Waals surface area contributed by atoms with Gasteiger partial charge in [-0.05, 0) is 31.0 Å². The SMILES string of the molecule is Cc1nc(C2(NS(=O)(=O)c3ccc(Cl)cc3C(F)(F)F)CCCCCC2)no1. The third-order valence-corrected chi connectivity index (χ3v) is 6.61. The van der Waals surface area contributed by atoms with Crippen LogP contribution in [0.3, 0.4) is 0 Å². The number of aryl methyl sites for hydroxylation is 1. The lowest BCUT2D eigenvalue weighted by Crippen LogP contribution is -2.46. The molecule has 154 valence electrons. The first-order valence-electron chi connectivity index (χ1n) is 8.75. The molecule has 0 amide bonds. The molecule has 28 heavy (non-hydrogen) atoms. The van der Waals surface area contributed by atoms with Crippen LogP contribution in [0, 0.1) is 6.92 Å². The van der Waals surface area contributed by atoms with E-state index >= 15 is 0 Å². The van der Waals surface area contributed by atoms with Crippen molar-refractivity contribution in [3.8, 4) is 0 Å². The lowest BCUT2D eigenvalue weighted by Gasteiger charge is -2.30. The van der Waals surface area contributed by atoms with Gasteiger partial charge in [0.2, 0.25) is 15.9 Å². The highest BCUT2D eigenvalue weighted by atomic mass is 35.5. The Morgan fingerprint density at radius 2 is 1.82 bits per heavy atom. The summed E-state index contributed by atoms with van der Waals surface area (Å²) >= 11 is 5.66. The van der Waals surface area contributed by atoms with Crippen molar-refractivity contribution in [2.75, 3.05) is 0 Å². The molecule has 1 aromatic heterocycles. The highest BCUT2D eigenvalue weighted by molar-refractivity contribution is 7.89. The van der Waals surface area contributed by atoms with Crippen LogP contribution in [-0.4, -0.2) is 18.6 Å². The predicted molar refractivity (Wildman–Crippen MR) is 95.2 cm³/mol. The number of halogens is 4. The minimum atomic E-state index is -4.88. The van der Waals surface area contributed by atoms with E-state index in [9.17, 15) is 21.6 Å². The smallest absolute Gasteiger partial charge is 0.340 e. The van der Waals surface area contributed by atoms with E-state index in [0.717, 1.165) is 25.0 Å². The van der Waals surface area contributed by atoms with E-state index in [4.69, 9.17) is 16.1 Å². The van der Waals surface area contributed by atoms with Crippen LogP contribution in [0.25, 0.3) is 0 Å². The van der Waals surface area contributed by atoms with Crippen LogP contribution < -0.4 is 4.72 Å². The minimum Gasteiger partial charge on any atom is -0.340 e. The summed E-state index contributed by atoms with van der Waals surface area (Å²) in [5.41, 5.74) is -2.55. The molecule has 0 spiro atoms. The number of benzene rings is 1. The molecule has 2 aromatic rings. The zero-order chi connectivity index (χ0) is 20.6. The van der Waals surface area contributed by atoms with Crippen molar-refractivity contribution in [3.05, 3.63) is 40.5 Å². The third kappa shape index (κ3) is 4.33. The molecule has 1 N–H and O–H groups in total. The molecule has 1 aliphatic carbocycles. The first-order chi connectivity index (χ1) is 13.0. The molecule has 0 unspecified atom stereocenters. The molecule has 1 saturated carbocycles. The van der Waals surface area contributed by atoms with Crippen LogP contribution in [0.2, 0.25) is 5.02 Å². The summed E-state index contributed by atoms with van der Waals surface area (Å²) in [7, 11) is -4.55. The van der Waals surface area contributed by atoms with Crippen molar-refractivity contribution < 1.29 is 26.1 Å². The highest BCUT2D eigenvalue weighted by Gasteiger charge is 2.44. The number of rotatable bonds is 4. The van der Waals surface area contributed by atoms with E-state index in [-0.39, 0.29) is 16.7 Å². The van der Waals surface area contributed by atoms with Crippen LogP contribution in [-0.2, 0) is 21.7 Å². The molecule has 1 aromatic carbocycles. The number of aromatic nitrogens is 2. The summed E-state index contributed by atoms with van der Waals surface area (Å²) in [6.45, 7) is 1.57. The Kier molecular flexibility index (Phi) is 5.75. The number of hydrogen-bond acceptors (Lipinski definition) is 5. The minimum absolute atomic E-state index is 0.137. The van der Waals surface area contributed by atoms with E-state index in [0.29, 0.717) is 31.7 Å². The van der Waals surface area contributed by atoms with Crippen LogP contribution in [0.5, 0.6) is 0 Å². The van der Waals surface area contributed by atoms with Gasteiger partial charge in [-0.25, -0.2) is 8.42 Å². The van der Waals surface area contributed by atoms with Crippen LogP contribution in [0.1, 0.15) is 55.8 Å². The molecule has 1 heterocycles. The largest absolute Gasteiger partial charge is 0.417 e. The third-order valence-electron chi connectivity index (χ3n) is 4.78. The van der Waals surface area contributed by atoms with Gasteiger partial charge in [0.15, 0.2) is 5.82 Å². The van der Waals surface area contributed by atoms with Crippen molar-refractivity contribution in [3.63, 3.8) is 0 Å². The maximum atomic E-state index is 13.4. The van der Waals surface area contributed by atoms with Gasteiger partial charge in [-0.15, -0.1) is 0 Å². The van der Waals surface area contributed by atoms with Crippen molar-refractivity contribution in [2.45, 2.75) is 62.1 Å². The van der Waals surface area contributed by atoms with Gasteiger partial charge < -0.3 is 4.52 Å². The fraction of sp³-hybridized carbons (Fsp3) is 0.529. The molecular formula is C17H19ClF3N3O3S. The Labute approximate surface area is 165 Å². The standard InChI is InChI=1S/C17H19ClF3N3O3S/c1-11-22-15(23-27-11)16(8-4-2-3-5-9-16)24-28(25,26)14-7-6-12(18)10-13(14)17(19,20)21/h6-7,10,24H,2-5,8-9H2,1H3. The summed E-state index contributed by atoms with van der Waals surface area (Å²) in [5, 5.41) is 3.66. The van der Waals surface area contributed by atoms with Gasteiger partial charge in [-0.3, -0.25) is 0 Å². The second-order valence-corrected chi connectivity index (χ2v) is 8.96. The number of hydrogen-bond donors (Lipinski definition) is 1. The maximum absolute atomic E-state index is 13.4. The molecule has 0 atom stereocenters. The van der Waals surface area contributed by atoms with E-state index < -0.39 is 32.2 Å². The van der Waals surface area contributed by atoms with Gasteiger partial charge >= 0.3 is 6.18 Å². The normalized spacial score (nSPS) is 18.0. The molecule has 0 bridgehead atoms. The van der Waals surface area contributed by atoms with Gasteiger partial charge in [0.05, 0.1) is 16.0 Å². The van der Waals surface area contributed by atoms with Crippen LogP contribution in [0.4, 0.5) is 13.2 Å². The lowest BCUT2D eigenvalue weighted by molar-refractivity contribution is -0.139. The van der Waals surface area contributed by atoms with Crippen LogP contribution >= 0.6 is 11.6 Å². The topological polar surface area (TPSA) is 85.1 Å². The molecular weight excluding hydrogens is 419 g/mol. The predicted octanol–water partition coefficient (Wildman–Crippen LogP) is 4.58. The zero-order valence-electron chi connectivity index (χ0n) is 15.0. The first-order valence-corrected chi connectivity index (χ1v) is 10.6. The summed E-state index contributed by atoms with van der Waals surface area (Å²) in [4.78, 5) is 3.28.